The normalized spacial score (nSPS) is 9.81. The van der Waals surface area contributed by atoms with Crippen molar-refractivity contribution in [3.63, 3.8) is 0 Å². The first-order chi connectivity index (χ1) is 7.70. The zero-order chi connectivity index (χ0) is 11.5. The van der Waals surface area contributed by atoms with Crippen LogP contribution in [-0.2, 0) is 0 Å². The second-order valence-electron chi connectivity index (χ2n) is 3.17. The van der Waals surface area contributed by atoms with Crippen molar-refractivity contribution in [1.82, 2.24) is 4.98 Å². The highest BCUT2D eigenvalue weighted by Gasteiger charge is 2.05. The van der Waals surface area contributed by atoms with Crippen molar-refractivity contribution < 1.29 is 4.39 Å². The Labute approximate surface area is 100 Å². The molecule has 2 aromatic rings. The monoisotopic (exact) mass is 276 g/mol. The van der Waals surface area contributed by atoms with Gasteiger partial charge in [0.25, 0.3) is 0 Å². The third-order valence-electron chi connectivity index (χ3n) is 2.10. The lowest BCUT2D eigenvalue weighted by atomic mass is 10.1. The molecule has 4 heteroatoms. The van der Waals surface area contributed by atoms with E-state index in [0.29, 0.717) is 5.69 Å². The first-order valence-corrected chi connectivity index (χ1v) is 5.31. The standard InChI is InChI=1S/C12H6BrFN2/c13-10-3-4-16-12(6-10)8-1-2-11(14)9(5-8)7-15/h1-6H. The van der Waals surface area contributed by atoms with E-state index in [4.69, 9.17) is 5.26 Å². The fourth-order valence-electron chi connectivity index (χ4n) is 1.33. The Morgan fingerprint density at radius 1 is 1.25 bits per heavy atom. The Morgan fingerprint density at radius 3 is 2.75 bits per heavy atom. The number of hydrogen-bond donors (Lipinski definition) is 0. The fourth-order valence-corrected chi connectivity index (χ4v) is 1.67. The van der Waals surface area contributed by atoms with Gasteiger partial charge < -0.3 is 0 Å². The molecule has 2 nitrogen and oxygen atoms in total. The Balaban J connectivity index is 2.54. The van der Waals surface area contributed by atoms with Crippen LogP contribution in [0.25, 0.3) is 11.3 Å². The van der Waals surface area contributed by atoms with Crippen LogP contribution >= 0.6 is 15.9 Å². The van der Waals surface area contributed by atoms with E-state index >= 15 is 0 Å². The molecule has 0 saturated carbocycles. The van der Waals surface area contributed by atoms with E-state index in [1.807, 2.05) is 6.07 Å². The predicted octanol–water partition coefficient (Wildman–Crippen LogP) is 3.52. The summed E-state index contributed by atoms with van der Waals surface area (Å²) in [6.45, 7) is 0. The van der Waals surface area contributed by atoms with E-state index in [-0.39, 0.29) is 5.56 Å². The maximum absolute atomic E-state index is 13.1. The van der Waals surface area contributed by atoms with Crippen LogP contribution in [0, 0.1) is 17.1 Å². The van der Waals surface area contributed by atoms with Crippen LogP contribution in [0.4, 0.5) is 4.39 Å². The molecule has 0 atom stereocenters. The van der Waals surface area contributed by atoms with Crippen LogP contribution in [0.15, 0.2) is 41.0 Å². The molecule has 2 rings (SSSR count). The SMILES string of the molecule is N#Cc1cc(-c2cc(Br)ccn2)ccc1F. The molecule has 1 heterocycles. The maximum atomic E-state index is 13.1. The van der Waals surface area contributed by atoms with Crippen molar-refractivity contribution in [2.24, 2.45) is 0 Å². The predicted molar refractivity (Wildman–Crippen MR) is 62.0 cm³/mol. The zero-order valence-electron chi connectivity index (χ0n) is 8.11. The highest BCUT2D eigenvalue weighted by Crippen LogP contribution is 2.22. The second-order valence-corrected chi connectivity index (χ2v) is 4.08. The first-order valence-electron chi connectivity index (χ1n) is 4.52. The Kier molecular flexibility index (Phi) is 2.97. The number of aromatic nitrogens is 1. The summed E-state index contributed by atoms with van der Waals surface area (Å²) in [5, 5.41) is 8.72. The average molecular weight is 277 g/mol. The number of nitriles is 1. The Bertz CT molecular complexity index is 575. The molecule has 16 heavy (non-hydrogen) atoms. The molecule has 0 N–H and O–H groups in total. The lowest BCUT2D eigenvalue weighted by Crippen LogP contribution is -1.87. The minimum absolute atomic E-state index is 0.0271. The van der Waals surface area contributed by atoms with Crippen LogP contribution in [0.5, 0.6) is 0 Å². The third-order valence-corrected chi connectivity index (χ3v) is 2.60. The van der Waals surface area contributed by atoms with Gasteiger partial charge in [-0.3, -0.25) is 4.98 Å². The van der Waals surface area contributed by atoms with E-state index in [1.54, 1.807) is 24.4 Å². The Morgan fingerprint density at radius 2 is 2.06 bits per heavy atom. The van der Waals surface area contributed by atoms with Crippen molar-refractivity contribution in [3.8, 4) is 17.3 Å². The lowest BCUT2D eigenvalue weighted by Gasteiger charge is -2.02. The molecule has 0 radical (unpaired) electrons. The van der Waals surface area contributed by atoms with Gasteiger partial charge in [-0.05, 0) is 30.3 Å². The van der Waals surface area contributed by atoms with Gasteiger partial charge in [-0.15, -0.1) is 0 Å². The highest BCUT2D eigenvalue weighted by molar-refractivity contribution is 9.10. The maximum Gasteiger partial charge on any atom is 0.140 e. The van der Waals surface area contributed by atoms with Crippen LogP contribution in [0.1, 0.15) is 5.56 Å². The van der Waals surface area contributed by atoms with Crippen LogP contribution in [-0.4, -0.2) is 4.98 Å². The topological polar surface area (TPSA) is 36.7 Å². The van der Waals surface area contributed by atoms with Gasteiger partial charge in [0, 0.05) is 16.2 Å². The van der Waals surface area contributed by atoms with E-state index in [2.05, 4.69) is 20.9 Å². The van der Waals surface area contributed by atoms with Gasteiger partial charge in [0.2, 0.25) is 0 Å². The summed E-state index contributed by atoms with van der Waals surface area (Å²) in [5.74, 6) is -0.513. The van der Waals surface area contributed by atoms with Crippen molar-refractivity contribution in [3.05, 3.63) is 52.4 Å². The number of halogens is 2. The molecule has 1 aromatic heterocycles. The van der Waals surface area contributed by atoms with E-state index < -0.39 is 5.82 Å². The third kappa shape index (κ3) is 2.10. The first kappa shape index (κ1) is 10.8. The summed E-state index contributed by atoms with van der Waals surface area (Å²) in [4.78, 5) is 4.15. The molecular weight excluding hydrogens is 271 g/mol. The molecule has 0 aliphatic carbocycles. The molecule has 0 fully saturated rings. The quantitative estimate of drug-likeness (QED) is 0.799. The summed E-state index contributed by atoms with van der Waals surface area (Å²) >= 11 is 3.33. The lowest BCUT2D eigenvalue weighted by molar-refractivity contribution is 0.624. The number of pyridine rings is 1. The number of rotatable bonds is 1. The van der Waals surface area contributed by atoms with Gasteiger partial charge in [-0.1, -0.05) is 15.9 Å². The summed E-state index contributed by atoms with van der Waals surface area (Å²) in [6, 6.07) is 9.79. The minimum atomic E-state index is -0.513. The molecule has 78 valence electrons. The van der Waals surface area contributed by atoms with E-state index in [0.717, 1.165) is 10.0 Å². The smallest absolute Gasteiger partial charge is 0.140 e. The van der Waals surface area contributed by atoms with Crippen molar-refractivity contribution in [2.75, 3.05) is 0 Å². The molecule has 0 saturated heterocycles. The summed E-state index contributed by atoms with van der Waals surface area (Å²) in [7, 11) is 0. The molecule has 0 bridgehead atoms. The van der Waals surface area contributed by atoms with Crippen LogP contribution in [0.2, 0.25) is 0 Å². The van der Waals surface area contributed by atoms with Crippen LogP contribution in [0.3, 0.4) is 0 Å². The van der Waals surface area contributed by atoms with Gasteiger partial charge in [0.05, 0.1) is 11.3 Å². The second kappa shape index (κ2) is 4.42. The molecule has 0 unspecified atom stereocenters. The van der Waals surface area contributed by atoms with Gasteiger partial charge >= 0.3 is 0 Å². The fraction of sp³-hybridized carbons (Fsp3) is 0. The Hall–Kier alpha value is -1.73. The number of hydrogen-bond acceptors (Lipinski definition) is 2. The van der Waals surface area contributed by atoms with Crippen molar-refractivity contribution in [1.29, 1.82) is 5.26 Å². The van der Waals surface area contributed by atoms with E-state index in [1.165, 1.54) is 12.1 Å². The van der Waals surface area contributed by atoms with Crippen molar-refractivity contribution >= 4 is 15.9 Å². The molecule has 0 amide bonds. The van der Waals surface area contributed by atoms with Gasteiger partial charge in [0.1, 0.15) is 11.9 Å². The summed E-state index contributed by atoms with van der Waals surface area (Å²) in [5.41, 5.74) is 1.45. The minimum Gasteiger partial charge on any atom is -0.256 e. The van der Waals surface area contributed by atoms with Gasteiger partial charge in [-0.25, -0.2) is 4.39 Å². The summed E-state index contributed by atoms with van der Waals surface area (Å²) in [6.07, 6.45) is 1.65. The van der Waals surface area contributed by atoms with E-state index in [9.17, 15) is 4.39 Å². The number of benzene rings is 1. The largest absolute Gasteiger partial charge is 0.256 e. The average Bonchev–Trinajstić information content (AvgIpc) is 2.29. The molecular formula is C12H6BrFN2. The zero-order valence-corrected chi connectivity index (χ0v) is 9.70. The molecule has 0 aliphatic heterocycles. The number of nitrogens with zero attached hydrogens (tertiary/aromatic N) is 2. The molecule has 0 aliphatic rings. The highest BCUT2D eigenvalue weighted by atomic mass is 79.9. The summed E-state index contributed by atoms with van der Waals surface area (Å²) < 4.78 is 14.0. The van der Waals surface area contributed by atoms with Crippen LogP contribution < -0.4 is 0 Å². The molecule has 1 aromatic carbocycles. The van der Waals surface area contributed by atoms with Crippen molar-refractivity contribution in [2.45, 2.75) is 0 Å². The van der Waals surface area contributed by atoms with Gasteiger partial charge in [-0.2, -0.15) is 5.26 Å². The molecule has 0 spiro atoms. The van der Waals surface area contributed by atoms with Gasteiger partial charge in [0.15, 0.2) is 0 Å².